The lowest BCUT2D eigenvalue weighted by Gasteiger charge is -2.18. The minimum absolute atomic E-state index is 0.207. The van der Waals surface area contributed by atoms with E-state index in [2.05, 4.69) is 10.2 Å². The van der Waals surface area contributed by atoms with Crippen molar-refractivity contribution < 1.29 is 18.6 Å². The van der Waals surface area contributed by atoms with E-state index in [1.807, 2.05) is 31.2 Å². The highest BCUT2D eigenvalue weighted by molar-refractivity contribution is 5.67. The van der Waals surface area contributed by atoms with Crippen LogP contribution in [0.3, 0.4) is 0 Å². The van der Waals surface area contributed by atoms with Gasteiger partial charge < -0.3 is 18.6 Å². The van der Waals surface area contributed by atoms with E-state index in [1.54, 1.807) is 13.2 Å². The van der Waals surface area contributed by atoms with E-state index in [0.717, 1.165) is 30.8 Å². The van der Waals surface area contributed by atoms with Crippen LogP contribution in [-0.2, 0) is 4.74 Å². The van der Waals surface area contributed by atoms with E-state index < -0.39 is 0 Å². The molecule has 1 aliphatic heterocycles. The molecule has 0 aliphatic carbocycles. The normalized spacial score (nSPS) is 18.0. The van der Waals surface area contributed by atoms with Crippen molar-refractivity contribution in [3.05, 3.63) is 35.5 Å². The second-order valence-corrected chi connectivity index (χ2v) is 5.57. The summed E-state index contributed by atoms with van der Waals surface area (Å²) in [6, 6.07) is 5.75. The maximum atomic E-state index is 5.72. The third kappa shape index (κ3) is 3.94. The van der Waals surface area contributed by atoms with Gasteiger partial charge in [0.2, 0.25) is 11.8 Å². The van der Waals surface area contributed by atoms with Gasteiger partial charge in [0.25, 0.3) is 0 Å². The Bertz CT molecular complexity index is 690. The van der Waals surface area contributed by atoms with E-state index in [1.165, 1.54) is 0 Å². The van der Waals surface area contributed by atoms with Crippen molar-refractivity contribution in [3.8, 4) is 11.5 Å². The van der Waals surface area contributed by atoms with Crippen molar-refractivity contribution in [3.63, 3.8) is 0 Å². The maximum Gasteiger partial charge on any atom is 0.240 e. The molecule has 1 saturated heterocycles. The molecule has 0 radical (unpaired) electrons. The highest BCUT2D eigenvalue weighted by Crippen LogP contribution is 2.29. The molecule has 0 N–H and O–H groups in total. The number of hydrogen-bond donors (Lipinski definition) is 0. The molecule has 6 nitrogen and oxygen atoms in total. The number of nitrogens with zero attached hydrogens (tertiary/aromatic N) is 2. The average molecular weight is 330 g/mol. The van der Waals surface area contributed by atoms with E-state index in [9.17, 15) is 0 Å². The summed E-state index contributed by atoms with van der Waals surface area (Å²) >= 11 is 0. The second-order valence-electron chi connectivity index (χ2n) is 5.57. The molecule has 2 aromatic rings. The van der Waals surface area contributed by atoms with Crippen LogP contribution in [0.2, 0.25) is 0 Å². The van der Waals surface area contributed by atoms with Crippen LogP contribution < -0.4 is 9.47 Å². The lowest BCUT2D eigenvalue weighted by molar-refractivity contribution is 0.0724. The van der Waals surface area contributed by atoms with Crippen LogP contribution in [0.15, 0.2) is 22.6 Å². The van der Waals surface area contributed by atoms with E-state index in [0.29, 0.717) is 30.7 Å². The molecule has 1 aromatic carbocycles. The van der Waals surface area contributed by atoms with Crippen LogP contribution in [0.4, 0.5) is 0 Å². The third-order valence-corrected chi connectivity index (χ3v) is 3.87. The number of aromatic nitrogens is 2. The Kier molecular flexibility index (Phi) is 5.48. The molecular weight excluding hydrogens is 308 g/mol. The third-order valence-electron chi connectivity index (χ3n) is 3.87. The Morgan fingerprint density at radius 3 is 2.92 bits per heavy atom. The number of rotatable bonds is 6. The first kappa shape index (κ1) is 16.5. The van der Waals surface area contributed by atoms with Crippen molar-refractivity contribution >= 4 is 12.2 Å². The molecule has 2 heterocycles. The van der Waals surface area contributed by atoms with Crippen molar-refractivity contribution in [1.29, 1.82) is 0 Å². The van der Waals surface area contributed by atoms with Crippen LogP contribution in [0.5, 0.6) is 11.5 Å². The summed E-state index contributed by atoms with van der Waals surface area (Å²) < 4.78 is 22.0. The first-order valence-corrected chi connectivity index (χ1v) is 8.20. The molecular formula is C18H22N2O4. The Labute approximate surface area is 141 Å². The fraction of sp³-hybridized carbons (Fsp3) is 0.444. The van der Waals surface area contributed by atoms with Crippen LogP contribution in [0.1, 0.15) is 43.0 Å². The predicted molar refractivity (Wildman–Crippen MR) is 90.2 cm³/mol. The molecule has 0 saturated carbocycles. The molecule has 1 fully saturated rings. The van der Waals surface area contributed by atoms with E-state index in [4.69, 9.17) is 18.6 Å². The maximum absolute atomic E-state index is 5.72. The lowest BCUT2D eigenvalue weighted by atomic mass is 10.0. The monoisotopic (exact) mass is 330 g/mol. The zero-order valence-electron chi connectivity index (χ0n) is 14.0. The highest BCUT2D eigenvalue weighted by atomic mass is 16.5. The zero-order valence-corrected chi connectivity index (χ0v) is 14.0. The Morgan fingerprint density at radius 1 is 1.25 bits per heavy atom. The minimum Gasteiger partial charge on any atom is -0.493 e. The van der Waals surface area contributed by atoms with Gasteiger partial charge in [-0.3, -0.25) is 0 Å². The summed E-state index contributed by atoms with van der Waals surface area (Å²) in [6.07, 6.45) is 5.77. The fourth-order valence-electron chi connectivity index (χ4n) is 2.64. The zero-order chi connectivity index (χ0) is 16.8. The van der Waals surface area contributed by atoms with Gasteiger partial charge in [-0.25, -0.2) is 0 Å². The van der Waals surface area contributed by atoms with Crippen molar-refractivity contribution in [2.24, 2.45) is 0 Å². The molecule has 24 heavy (non-hydrogen) atoms. The second kappa shape index (κ2) is 7.97. The number of methoxy groups -OCH3 is 1. The number of ether oxygens (including phenoxy) is 3. The molecule has 1 aromatic heterocycles. The van der Waals surface area contributed by atoms with Gasteiger partial charge in [0.15, 0.2) is 11.5 Å². The topological polar surface area (TPSA) is 66.6 Å². The van der Waals surface area contributed by atoms with Crippen molar-refractivity contribution in [2.75, 3.05) is 26.9 Å². The highest BCUT2D eigenvalue weighted by Gasteiger charge is 2.21. The standard InChI is InChI=1S/C18H22N2O4/c1-3-23-15-8-6-13(11-16(15)21-2)7-9-17-19-20-18(24-17)14-5-4-10-22-12-14/h6-9,11,14H,3-5,10,12H2,1-2H3/b9-7+. The predicted octanol–water partition coefficient (Wildman–Crippen LogP) is 3.54. The SMILES string of the molecule is CCOc1ccc(/C=C/c2nnc(C3CCCOC3)o2)cc1OC. The summed E-state index contributed by atoms with van der Waals surface area (Å²) in [5, 5.41) is 8.21. The molecule has 0 bridgehead atoms. The van der Waals surface area contributed by atoms with Gasteiger partial charge in [0.1, 0.15) is 0 Å². The largest absolute Gasteiger partial charge is 0.493 e. The van der Waals surface area contributed by atoms with Crippen LogP contribution in [0, 0.1) is 0 Å². The molecule has 0 amide bonds. The Balaban J connectivity index is 1.70. The number of hydrogen-bond acceptors (Lipinski definition) is 6. The van der Waals surface area contributed by atoms with Gasteiger partial charge >= 0.3 is 0 Å². The summed E-state index contributed by atoms with van der Waals surface area (Å²) in [5.41, 5.74) is 0.969. The number of benzene rings is 1. The fourth-order valence-corrected chi connectivity index (χ4v) is 2.64. The minimum atomic E-state index is 0.207. The summed E-state index contributed by atoms with van der Waals surface area (Å²) in [6.45, 7) is 4.01. The van der Waals surface area contributed by atoms with E-state index in [-0.39, 0.29) is 5.92 Å². The molecule has 1 aliphatic rings. The summed E-state index contributed by atoms with van der Waals surface area (Å²) in [5.74, 6) is 2.78. The van der Waals surface area contributed by atoms with Crippen molar-refractivity contribution in [2.45, 2.75) is 25.7 Å². The average Bonchev–Trinajstić information content (AvgIpc) is 3.11. The first-order chi connectivity index (χ1) is 11.8. The van der Waals surface area contributed by atoms with Gasteiger partial charge in [0.05, 0.1) is 26.2 Å². The first-order valence-electron chi connectivity index (χ1n) is 8.20. The lowest BCUT2D eigenvalue weighted by Crippen LogP contribution is -2.15. The van der Waals surface area contributed by atoms with E-state index >= 15 is 0 Å². The van der Waals surface area contributed by atoms with Crippen LogP contribution >= 0.6 is 0 Å². The molecule has 1 unspecified atom stereocenters. The molecule has 128 valence electrons. The van der Waals surface area contributed by atoms with Gasteiger partial charge in [-0.15, -0.1) is 10.2 Å². The Morgan fingerprint density at radius 2 is 2.17 bits per heavy atom. The van der Waals surface area contributed by atoms with Gasteiger partial charge in [-0.05, 0) is 43.5 Å². The molecule has 3 rings (SSSR count). The van der Waals surface area contributed by atoms with Gasteiger partial charge in [0, 0.05) is 12.7 Å². The summed E-state index contributed by atoms with van der Waals surface area (Å²) in [4.78, 5) is 0. The summed E-state index contributed by atoms with van der Waals surface area (Å²) in [7, 11) is 1.63. The van der Waals surface area contributed by atoms with Crippen LogP contribution in [0.25, 0.3) is 12.2 Å². The smallest absolute Gasteiger partial charge is 0.240 e. The van der Waals surface area contributed by atoms with Crippen LogP contribution in [-0.4, -0.2) is 37.1 Å². The molecule has 0 spiro atoms. The quantitative estimate of drug-likeness (QED) is 0.807. The van der Waals surface area contributed by atoms with Gasteiger partial charge in [-0.1, -0.05) is 6.07 Å². The van der Waals surface area contributed by atoms with Gasteiger partial charge in [-0.2, -0.15) is 0 Å². The molecule has 1 atom stereocenters. The molecule has 6 heteroatoms. The Hall–Kier alpha value is -2.34. The van der Waals surface area contributed by atoms with Crippen molar-refractivity contribution in [1.82, 2.24) is 10.2 Å².